The number of nitrogens with one attached hydrogen (secondary N) is 1. The molecule has 0 fully saturated rings. The van der Waals surface area contributed by atoms with Gasteiger partial charge in [0.1, 0.15) is 5.56 Å². The SMILES string of the molecule is C=C1N=Nc2[nH]cc(C(=O)OCC)c(=O)c21. The number of fused-ring (bicyclic) bond motifs is 1. The van der Waals surface area contributed by atoms with Crippen molar-refractivity contribution >= 4 is 17.5 Å². The van der Waals surface area contributed by atoms with Crippen molar-refractivity contribution in [3.8, 4) is 0 Å². The van der Waals surface area contributed by atoms with Crippen LogP contribution in [-0.4, -0.2) is 17.6 Å². The number of aromatic amines is 1. The van der Waals surface area contributed by atoms with Gasteiger partial charge in [0, 0.05) is 6.20 Å². The summed E-state index contributed by atoms with van der Waals surface area (Å²) in [7, 11) is 0. The predicted octanol–water partition coefficient (Wildman–Crippen LogP) is 1.62. The van der Waals surface area contributed by atoms with Crippen LogP contribution in [0.2, 0.25) is 0 Å². The minimum Gasteiger partial charge on any atom is -0.462 e. The topological polar surface area (TPSA) is 83.9 Å². The molecule has 82 valence electrons. The fourth-order valence-electron chi connectivity index (χ4n) is 1.39. The van der Waals surface area contributed by atoms with E-state index in [2.05, 4.69) is 21.8 Å². The number of azo groups is 1. The second-order valence-corrected chi connectivity index (χ2v) is 3.12. The summed E-state index contributed by atoms with van der Waals surface area (Å²) in [6.07, 6.45) is 1.27. The number of carbonyl (C=O) groups is 1. The van der Waals surface area contributed by atoms with E-state index >= 15 is 0 Å². The molecule has 0 unspecified atom stereocenters. The molecule has 1 aromatic heterocycles. The predicted molar refractivity (Wildman–Crippen MR) is 56.6 cm³/mol. The van der Waals surface area contributed by atoms with Crippen molar-refractivity contribution in [3.63, 3.8) is 0 Å². The molecular formula is C10H9N3O3. The average Bonchev–Trinajstić information content (AvgIpc) is 2.62. The highest BCUT2D eigenvalue weighted by atomic mass is 16.5. The number of aromatic nitrogens is 1. The quantitative estimate of drug-likeness (QED) is 0.767. The van der Waals surface area contributed by atoms with Crippen LogP contribution in [0.3, 0.4) is 0 Å². The Morgan fingerprint density at radius 2 is 2.31 bits per heavy atom. The molecule has 1 aromatic rings. The number of pyridine rings is 1. The zero-order valence-electron chi connectivity index (χ0n) is 8.61. The van der Waals surface area contributed by atoms with Crippen molar-refractivity contribution < 1.29 is 9.53 Å². The van der Waals surface area contributed by atoms with Gasteiger partial charge in [-0.05, 0) is 6.92 Å². The summed E-state index contributed by atoms with van der Waals surface area (Å²) in [6, 6.07) is 0. The Hall–Kier alpha value is -2.24. The first kappa shape index (κ1) is 10.3. The Morgan fingerprint density at radius 3 is 3.00 bits per heavy atom. The molecule has 0 radical (unpaired) electrons. The van der Waals surface area contributed by atoms with Gasteiger partial charge < -0.3 is 9.72 Å². The molecule has 16 heavy (non-hydrogen) atoms. The first-order valence-corrected chi connectivity index (χ1v) is 4.69. The molecule has 0 saturated heterocycles. The van der Waals surface area contributed by atoms with E-state index in [1.807, 2.05) is 0 Å². The zero-order valence-corrected chi connectivity index (χ0v) is 8.61. The van der Waals surface area contributed by atoms with Gasteiger partial charge in [-0.1, -0.05) is 6.58 Å². The largest absolute Gasteiger partial charge is 0.462 e. The Morgan fingerprint density at radius 1 is 1.56 bits per heavy atom. The van der Waals surface area contributed by atoms with E-state index in [4.69, 9.17) is 4.74 Å². The summed E-state index contributed by atoms with van der Waals surface area (Å²) in [6.45, 7) is 5.45. The van der Waals surface area contributed by atoms with Crippen LogP contribution in [0.5, 0.6) is 0 Å². The van der Waals surface area contributed by atoms with Crippen LogP contribution in [0.4, 0.5) is 5.82 Å². The van der Waals surface area contributed by atoms with Crippen molar-refractivity contribution in [1.82, 2.24) is 4.98 Å². The van der Waals surface area contributed by atoms with Gasteiger partial charge in [0.25, 0.3) is 0 Å². The molecule has 2 rings (SSSR count). The first-order chi connectivity index (χ1) is 7.65. The molecule has 1 N–H and O–H groups in total. The number of H-pyrrole nitrogens is 1. The summed E-state index contributed by atoms with van der Waals surface area (Å²) >= 11 is 0. The standard InChI is InChI=1S/C10H9N3O3/c1-3-16-10(15)6-4-11-9-7(8(6)14)5(2)12-13-9/h4H,2-3H2,1H3,(H,11,14). The molecular weight excluding hydrogens is 210 g/mol. The van der Waals surface area contributed by atoms with Crippen LogP contribution in [-0.2, 0) is 4.74 Å². The molecule has 0 aromatic carbocycles. The molecule has 0 bridgehead atoms. The Kier molecular flexibility index (Phi) is 2.40. The van der Waals surface area contributed by atoms with Gasteiger partial charge in [-0.15, -0.1) is 10.2 Å². The highest BCUT2D eigenvalue weighted by Gasteiger charge is 2.22. The van der Waals surface area contributed by atoms with Crippen LogP contribution in [0, 0.1) is 0 Å². The molecule has 0 atom stereocenters. The maximum Gasteiger partial charge on any atom is 0.343 e. The third-order valence-corrected chi connectivity index (χ3v) is 2.12. The first-order valence-electron chi connectivity index (χ1n) is 4.69. The third-order valence-electron chi connectivity index (χ3n) is 2.12. The number of hydrogen-bond donors (Lipinski definition) is 1. The Labute approximate surface area is 90.7 Å². The lowest BCUT2D eigenvalue weighted by atomic mass is 10.1. The Bertz CT molecular complexity index is 557. The normalized spacial score (nSPS) is 12.7. The van der Waals surface area contributed by atoms with E-state index in [0.29, 0.717) is 5.82 Å². The molecule has 1 aliphatic heterocycles. The summed E-state index contributed by atoms with van der Waals surface area (Å²) in [5.74, 6) is -0.339. The monoisotopic (exact) mass is 219 g/mol. The van der Waals surface area contributed by atoms with E-state index in [9.17, 15) is 9.59 Å². The van der Waals surface area contributed by atoms with E-state index < -0.39 is 11.4 Å². The van der Waals surface area contributed by atoms with Crippen molar-refractivity contribution in [1.29, 1.82) is 0 Å². The van der Waals surface area contributed by atoms with Crippen LogP contribution in [0.1, 0.15) is 22.8 Å². The molecule has 0 amide bonds. The highest BCUT2D eigenvalue weighted by molar-refractivity contribution is 5.91. The number of ether oxygens (including phenoxy) is 1. The highest BCUT2D eigenvalue weighted by Crippen LogP contribution is 2.28. The summed E-state index contributed by atoms with van der Waals surface area (Å²) in [5, 5.41) is 7.36. The molecule has 0 spiro atoms. The van der Waals surface area contributed by atoms with Crippen molar-refractivity contribution in [3.05, 3.63) is 34.1 Å². The van der Waals surface area contributed by atoms with Gasteiger partial charge in [-0.3, -0.25) is 4.79 Å². The van der Waals surface area contributed by atoms with Crippen LogP contribution >= 0.6 is 0 Å². The number of hydrogen-bond acceptors (Lipinski definition) is 5. The molecule has 1 aliphatic rings. The molecule has 2 heterocycles. The number of carbonyl (C=O) groups excluding carboxylic acids is 1. The smallest absolute Gasteiger partial charge is 0.343 e. The van der Waals surface area contributed by atoms with Crippen LogP contribution < -0.4 is 5.43 Å². The second kappa shape index (κ2) is 3.73. The van der Waals surface area contributed by atoms with E-state index in [1.165, 1.54) is 6.20 Å². The maximum atomic E-state index is 11.9. The summed E-state index contributed by atoms with van der Waals surface area (Å²) in [5.41, 5.74) is -0.0378. The van der Waals surface area contributed by atoms with Crippen LogP contribution in [0.15, 0.2) is 27.8 Å². The minimum atomic E-state index is -0.661. The summed E-state index contributed by atoms with van der Waals surface area (Å²) < 4.78 is 4.75. The lowest BCUT2D eigenvalue weighted by Crippen LogP contribution is -2.20. The number of rotatable bonds is 2. The second-order valence-electron chi connectivity index (χ2n) is 3.12. The Balaban J connectivity index is 2.54. The number of nitrogens with zero attached hydrogens (tertiary/aromatic N) is 2. The zero-order chi connectivity index (χ0) is 11.7. The van der Waals surface area contributed by atoms with E-state index in [-0.39, 0.29) is 23.4 Å². The van der Waals surface area contributed by atoms with Gasteiger partial charge in [-0.25, -0.2) is 4.79 Å². The lowest BCUT2D eigenvalue weighted by Gasteiger charge is -2.02. The van der Waals surface area contributed by atoms with E-state index in [0.717, 1.165) is 0 Å². The molecule has 0 saturated carbocycles. The summed E-state index contributed by atoms with van der Waals surface area (Å²) in [4.78, 5) is 26.0. The average molecular weight is 219 g/mol. The lowest BCUT2D eigenvalue weighted by molar-refractivity contribution is 0.0524. The van der Waals surface area contributed by atoms with Crippen molar-refractivity contribution in [2.75, 3.05) is 6.61 Å². The van der Waals surface area contributed by atoms with Gasteiger partial charge in [-0.2, -0.15) is 0 Å². The fraction of sp³-hybridized carbons (Fsp3) is 0.200. The van der Waals surface area contributed by atoms with Gasteiger partial charge in [0.2, 0.25) is 5.43 Å². The van der Waals surface area contributed by atoms with Gasteiger partial charge >= 0.3 is 5.97 Å². The van der Waals surface area contributed by atoms with Crippen LogP contribution in [0.25, 0.3) is 5.70 Å². The van der Waals surface area contributed by atoms with E-state index in [1.54, 1.807) is 6.92 Å². The third kappa shape index (κ3) is 1.44. The minimum absolute atomic E-state index is 0.0611. The molecule has 0 aliphatic carbocycles. The molecule has 6 nitrogen and oxygen atoms in total. The van der Waals surface area contributed by atoms with Crippen molar-refractivity contribution in [2.45, 2.75) is 6.92 Å². The maximum absolute atomic E-state index is 11.9. The van der Waals surface area contributed by atoms with Gasteiger partial charge in [0.05, 0.1) is 17.9 Å². The van der Waals surface area contributed by atoms with Crippen molar-refractivity contribution in [2.24, 2.45) is 10.2 Å². The molecule has 6 heteroatoms. The fourth-order valence-corrected chi connectivity index (χ4v) is 1.39. The van der Waals surface area contributed by atoms with Gasteiger partial charge in [0.15, 0.2) is 5.82 Å². The number of esters is 1.